The summed E-state index contributed by atoms with van der Waals surface area (Å²) in [6.07, 6.45) is -4.79. The molecule has 222 valence electrons. The van der Waals surface area contributed by atoms with Crippen molar-refractivity contribution in [1.29, 1.82) is 0 Å². The first-order chi connectivity index (χ1) is 19.9. The van der Waals surface area contributed by atoms with Crippen LogP contribution in [0.15, 0.2) is 59.4 Å². The van der Waals surface area contributed by atoms with Crippen molar-refractivity contribution in [2.75, 3.05) is 10.6 Å². The third kappa shape index (κ3) is 6.77. The van der Waals surface area contributed by atoms with Crippen LogP contribution in [0.3, 0.4) is 0 Å². The van der Waals surface area contributed by atoms with Gasteiger partial charge in [-0.1, -0.05) is 48.0 Å². The molecule has 15 heteroatoms. The summed E-state index contributed by atoms with van der Waals surface area (Å²) in [4.78, 5) is 30.0. The Morgan fingerprint density at radius 1 is 1.07 bits per heavy atom. The average Bonchev–Trinajstić information content (AvgIpc) is 3.26. The third-order valence-electron chi connectivity index (χ3n) is 6.05. The maximum absolute atomic E-state index is 15.4. The number of carbonyl (C=O) groups excluding carboxylic acids is 1. The first-order valence-corrected chi connectivity index (χ1v) is 12.9. The van der Waals surface area contributed by atoms with Crippen molar-refractivity contribution < 1.29 is 31.5 Å². The second-order valence-electron chi connectivity index (χ2n) is 8.98. The van der Waals surface area contributed by atoms with E-state index in [1.165, 1.54) is 16.7 Å². The van der Waals surface area contributed by atoms with Crippen LogP contribution in [0.1, 0.15) is 35.6 Å². The minimum absolute atomic E-state index is 0.105. The van der Waals surface area contributed by atoms with Crippen LogP contribution >= 0.6 is 11.6 Å². The smallest absolute Gasteiger partial charge is 0.369 e. The molecular weight excluding hydrogens is 587 g/mol. The normalized spacial score (nSPS) is 12.3. The quantitative estimate of drug-likeness (QED) is 0.223. The lowest BCUT2D eigenvalue weighted by Gasteiger charge is -2.20. The Morgan fingerprint density at radius 3 is 2.43 bits per heavy atom. The topological polar surface area (TPSA) is 103 Å². The van der Waals surface area contributed by atoms with E-state index in [9.17, 15) is 27.2 Å². The molecule has 4 rings (SSSR count). The van der Waals surface area contributed by atoms with Gasteiger partial charge >= 0.3 is 11.9 Å². The fourth-order valence-electron chi connectivity index (χ4n) is 3.83. The lowest BCUT2D eigenvalue weighted by Crippen LogP contribution is -2.35. The standard InChI is InChI=1S/C27H24ClF5N6O3/c1-3-38-21(14-42-13-16-8-5-4-6-9-16)37-39(26(38)41)24-20(30)12-17(23(36-24)34-15(2)27(31,32)33)25(40)35-22-18(28)10-7-11-19(22)29/h4-12,15H,3,13-14H2,1-2H3,(H,34,36)(H,35,40). The van der Waals surface area contributed by atoms with E-state index in [1.54, 1.807) is 6.92 Å². The monoisotopic (exact) mass is 610 g/mol. The number of alkyl halides is 3. The summed E-state index contributed by atoms with van der Waals surface area (Å²) in [7, 11) is 0. The van der Waals surface area contributed by atoms with Gasteiger partial charge in [0.25, 0.3) is 5.91 Å². The number of hydrogen-bond acceptors (Lipinski definition) is 6. The maximum atomic E-state index is 15.4. The summed E-state index contributed by atoms with van der Waals surface area (Å²) in [5.74, 6) is -4.80. The van der Waals surface area contributed by atoms with Crippen LogP contribution in [-0.4, -0.2) is 37.5 Å². The number of rotatable bonds is 10. The van der Waals surface area contributed by atoms with Crippen molar-refractivity contribution in [1.82, 2.24) is 19.3 Å². The Balaban J connectivity index is 1.73. The number of aromatic nitrogens is 4. The minimum Gasteiger partial charge on any atom is -0.369 e. The molecule has 1 amide bonds. The predicted molar refractivity (Wildman–Crippen MR) is 145 cm³/mol. The number of nitrogens with one attached hydrogen (secondary N) is 2. The lowest BCUT2D eigenvalue weighted by molar-refractivity contribution is -0.138. The van der Waals surface area contributed by atoms with Gasteiger partial charge in [-0.3, -0.25) is 9.36 Å². The van der Waals surface area contributed by atoms with Gasteiger partial charge in [0.15, 0.2) is 17.5 Å². The number of hydrogen-bond donors (Lipinski definition) is 2. The van der Waals surface area contributed by atoms with Gasteiger partial charge in [-0.25, -0.2) is 18.6 Å². The van der Waals surface area contributed by atoms with Crippen molar-refractivity contribution in [3.05, 3.63) is 98.7 Å². The number of anilines is 2. The SMILES string of the molecule is CCn1c(COCc2ccccc2)nn(-c2nc(NC(C)C(F)(F)F)c(C(=O)Nc3c(F)cccc3Cl)cc2F)c1=O. The molecule has 0 aliphatic rings. The van der Waals surface area contributed by atoms with Gasteiger partial charge in [0.1, 0.15) is 24.3 Å². The molecule has 0 aliphatic heterocycles. The van der Waals surface area contributed by atoms with Gasteiger partial charge in [0.2, 0.25) is 0 Å². The number of ether oxygens (including phenoxy) is 1. The molecule has 42 heavy (non-hydrogen) atoms. The first-order valence-electron chi connectivity index (χ1n) is 12.5. The summed E-state index contributed by atoms with van der Waals surface area (Å²) in [6, 6.07) is 11.0. The molecule has 9 nitrogen and oxygen atoms in total. The van der Waals surface area contributed by atoms with Crippen molar-refractivity contribution in [3.8, 4) is 5.82 Å². The van der Waals surface area contributed by atoms with E-state index in [1.807, 2.05) is 35.6 Å². The fraction of sp³-hybridized carbons (Fsp3) is 0.259. The van der Waals surface area contributed by atoms with Crippen LogP contribution in [0.5, 0.6) is 0 Å². The number of halogens is 6. The average molecular weight is 611 g/mol. The maximum Gasteiger partial charge on any atom is 0.408 e. The molecule has 2 aromatic carbocycles. The number of benzene rings is 2. The second kappa shape index (κ2) is 12.7. The Labute approximate surface area is 240 Å². The molecule has 0 radical (unpaired) electrons. The molecule has 0 aliphatic carbocycles. The van der Waals surface area contributed by atoms with E-state index in [4.69, 9.17) is 16.3 Å². The highest BCUT2D eigenvalue weighted by Gasteiger charge is 2.37. The molecule has 1 atom stereocenters. The largest absolute Gasteiger partial charge is 0.408 e. The highest BCUT2D eigenvalue weighted by molar-refractivity contribution is 6.34. The molecule has 0 fully saturated rings. The zero-order chi connectivity index (χ0) is 30.6. The van der Waals surface area contributed by atoms with Gasteiger partial charge in [0.05, 0.1) is 22.9 Å². The minimum atomic E-state index is -4.79. The molecule has 1 unspecified atom stereocenters. The molecular formula is C27H24ClF5N6O3. The van der Waals surface area contributed by atoms with Crippen LogP contribution in [0.4, 0.5) is 33.5 Å². The highest BCUT2D eigenvalue weighted by atomic mass is 35.5. The van der Waals surface area contributed by atoms with Crippen LogP contribution in [0, 0.1) is 11.6 Å². The molecule has 0 bridgehead atoms. The van der Waals surface area contributed by atoms with Gasteiger partial charge in [-0.2, -0.15) is 17.9 Å². The number of amides is 1. The summed E-state index contributed by atoms with van der Waals surface area (Å²) in [6.45, 7) is 2.55. The van der Waals surface area contributed by atoms with E-state index >= 15 is 4.39 Å². The van der Waals surface area contributed by atoms with Crippen LogP contribution in [-0.2, 0) is 24.5 Å². The summed E-state index contributed by atoms with van der Waals surface area (Å²) in [5, 5.41) is 8.05. The van der Waals surface area contributed by atoms with Gasteiger partial charge in [-0.15, -0.1) is 5.10 Å². The van der Waals surface area contributed by atoms with E-state index in [-0.39, 0.29) is 30.6 Å². The molecule has 2 heterocycles. The summed E-state index contributed by atoms with van der Waals surface area (Å²) in [5.41, 5.74) is -1.16. The second-order valence-corrected chi connectivity index (χ2v) is 9.39. The zero-order valence-electron chi connectivity index (χ0n) is 22.2. The Bertz CT molecular complexity index is 1620. The fourth-order valence-corrected chi connectivity index (χ4v) is 4.04. The molecule has 2 aromatic heterocycles. The Kier molecular flexibility index (Phi) is 9.27. The first kappa shape index (κ1) is 30.7. The van der Waals surface area contributed by atoms with Gasteiger partial charge < -0.3 is 15.4 Å². The van der Waals surface area contributed by atoms with E-state index < -0.39 is 58.3 Å². The predicted octanol–water partition coefficient (Wildman–Crippen LogP) is 5.71. The van der Waals surface area contributed by atoms with E-state index in [0.29, 0.717) is 10.7 Å². The van der Waals surface area contributed by atoms with Gasteiger partial charge in [0, 0.05) is 6.54 Å². The number of nitrogens with zero attached hydrogens (tertiary/aromatic N) is 4. The van der Waals surface area contributed by atoms with Gasteiger partial charge in [-0.05, 0) is 37.6 Å². The van der Waals surface area contributed by atoms with Crippen LogP contribution in [0.25, 0.3) is 5.82 Å². The van der Waals surface area contributed by atoms with Crippen molar-refractivity contribution >= 4 is 29.0 Å². The van der Waals surface area contributed by atoms with Crippen molar-refractivity contribution in [2.45, 2.75) is 45.8 Å². The van der Waals surface area contributed by atoms with E-state index in [0.717, 1.165) is 18.6 Å². The lowest BCUT2D eigenvalue weighted by atomic mass is 10.2. The third-order valence-corrected chi connectivity index (χ3v) is 6.36. The molecule has 4 aromatic rings. The van der Waals surface area contributed by atoms with Crippen molar-refractivity contribution in [3.63, 3.8) is 0 Å². The van der Waals surface area contributed by atoms with Crippen molar-refractivity contribution in [2.24, 2.45) is 0 Å². The summed E-state index contributed by atoms with van der Waals surface area (Å²) >= 11 is 5.93. The highest BCUT2D eigenvalue weighted by Crippen LogP contribution is 2.29. The van der Waals surface area contributed by atoms with Crippen LogP contribution < -0.4 is 16.3 Å². The number of pyridine rings is 1. The summed E-state index contributed by atoms with van der Waals surface area (Å²) < 4.78 is 77.3. The number of carbonyl (C=O) groups is 1. The van der Waals surface area contributed by atoms with E-state index in [2.05, 4.69) is 15.4 Å². The Hall–Kier alpha value is -4.30. The molecule has 2 N–H and O–H groups in total. The Morgan fingerprint density at radius 2 is 1.79 bits per heavy atom. The zero-order valence-corrected chi connectivity index (χ0v) is 22.9. The number of para-hydroxylation sites is 1. The van der Waals surface area contributed by atoms with Crippen LogP contribution in [0.2, 0.25) is 5.02 Å². The molecule has 0 saturated carbocycles. The molecule has 0 spiro atoms. The molecule has 0 saturated heterocycles.